The van der Waals surface area contributed by atoms with E-state index in [4.69, 9.17) is 5.73 Å². The molecule has 0 amide bonds. The molecule has 21 heavy (non-hydrogen) atoms. The standard InChI is InChI=1S/C17H16FN3/c1-11-8-17(15-9-14(19)6-7-16(15)21-11)20-10-12-2-4-13(18)5-3-12/h2-9H,10,19H2,1H3,(H,20,21). The van der Waals surface area contributed by atoms with Gasteiger partial charge in [0, 0.05) is 29.0 Å². The van der Waals surface area contributed by atoms with Crippen LogP contribution >= 0.6 is 0 Å². The van der Waals surface area contributed by atoms with Crippen LogP contribution in [-0.4, -0.2) is 4.98 Å². The maximum Gasteiger partial charge on any atom is 0.123 e. The summed E-state index contributed by atoms with van der Waals surface area (Å²) >= 11 is 0. The fourth-order valence-electron chi connectivity index (χ4n) is 2.32. The highest BCUT2D eigenvalue weighted by molar-refractivity contribution is 5.93. The fourth-order valence-corrected chi connectivity index (χ4v) is 2.32. The summed E-state index contributed by atoms with van der Waals surface area (Å²) in [6.45, 7) is 2.58. The van der Waals surface area contributed by atoms with E-state index in [9.17, 15) is 4.39 Å². The number of nitrogens with two attached hydrogens (primary N) is 1. The van der Waals surface area contributed by atoms with Gasteiger partial charge in [0.25, 0.3) is 0 Å². The number of pyridine rings is 1. The zero-order valence-corrected chi connectivity index (χ0v) is 11.7. The predicted octanol–water partition coefficient (Wildman–Crippen LogP) is 3.88. The van der Waals surface area contributed by atoms with Crippen LogP contribution in [0, 0.1) is 12.7 Å². The Bertz CT molecular complexity index is 782. The molecule has 0 saturated heterocycles. The van der Waals surface area contributed by atoms with Gasteiger partial charge in [-0.05, 0) is 48.9 Å². The fraction of sp³-hybridized carbons (Fsp3) is 0.118. The highest BCUT2D eigenvalue weighted by Gasteiger charge is 2.05. The monoisotopic (exact) mass is 281 g/mol. The summed E-state index contributed by atoms with van der Waals surface area (Å²) in [6.07, 6.45) is 0. The summed E-state index contributed by atoms with van der Waals surface area (Å²) in [4.78, 5) is 4.50. The zero-order chi connectivity index (χ0) is 14.8. The third-order valence-electron chi connectivity index (χ3n) is 3.36. The quantitative estimate of drug-likeness (QED) is 0.716. The van der Waals surface area contributed by atoms with Gasteiger partial charge in [-0.25, -0.2) is 4.39 Å². The van der Waals surface area contributed by atoms with Crippen LogP contribution in [0.15, 0.2) is 48.5 Å². The van der Waals surface area contributed by atoms with Crippen molar-refractivity contribution in [2.24, 2.45) is 0 Å². The molecule has 0 atom stereocenters. The Hall–Kier alpha value is -2.62. The van der Waals surface area contributed by atoms with Crippen molar-refractivity contribution in [3.8, 4) is 0 Å². The van der Waals surface area contributed by atoms with Gasteiger partial charge in [-0.2, -0.15) is 0 Å². The third kappa shape index (κ3) is 2.94. The van der Waals surface area contributed by atoms with E-state index in [-0.39, 0.29) is 5.82 Å². The van der Waals surface area contributed by atoms with Gasteiger partial charge in [0.1, 0.15) is 5.82 Å². The molecule has 1 heterocycles. The minimum Gasteiger partial charge on any atom is -0.399 e. The lowest BCUT2D eigenvalue weighted by atomic mass is 10.1. The van der Waals surface area contributed by atoms with Crippen LogP contribution in [0.5, 0.6) is 0 Å². The number of nitrogens with one attached hydrogen (secondary N) is 1. The van der Waals surface area contributed by atoms with E-state index in [1.165, 1.54) is 12.1 Å². The Kier molecular flexibility index (Phi) is 3.44. The van der Waals surface area contributed by atoms with Crippen LogP contribution in [-0.2, 0) is 6.54 Å². The summed E-state index contributed by atoms with van der Waals surface area (Å²) < 4.78 is 12.9. The van der Waals surface area contributed by atoms with Crippen molar-refractivity contribution in [2.45, 2.75) is 13.5 Å². The minimum atomic E-state index is -0.225. The van der Waals surface area contributed by atoms with E-state index in [0.29, 0.717) is 12.2 Å². The molecule has 3 nitrogen and oxygen atoms in total. The van der Waals surface area contributed by atoms with Gasteiger partial charge >= 0.3 is 0 Å². The second kappa shape index (κ2) is 5.40. The summed E-state index contributed by atoms with van der Waals surface area (Å²) in [7, 11) is 0. The number of nitrogens with zero attached hydrogens (tertiary/aromatic N) is 1. The molecule has 0 unspecified atom stereocenters. The van der Waals surface area contributed by atoms with E-state index < -0.39 is 0 Å². The first-order valence-corrected chi connectivity index (χ1v) is 6.77. The smallest absolute Gasteiger partial charge is 0.123 e. The molecule has 3 rings (SSSR count). The first kappa shape index (κ1) is 13.4. The first-order chi connectivity index (χ1) is 10.1. The number of hydrogen-bond donors (Lipinski definition) is 2. The molecule has 0 aliphatic rings. The number of halogens is 1. The number of aryl methyl sites for hydroxylation is 1. The van der Waals surface area contributed by atoms with E-state index in [1.54, 1.807) is 12.1 Å². The van der Waals surface area contributed by atoms with Crippen LogP contribution in [0.25, 0.3) is 10.9 Å². The average Bonchev–Trinajstić information content (AvgIpc) is 2.47. The van der Waals surface area contributed by atoms with Crippen LogP contribution in [0.2, 0.25) is 0 Å². The number of fused-ring (bicyclic) bond motifs is 1. The lowest BCUT2D eigenvalue weighted by Gasteiger charge is -2.11. The molecule has 2 aromatic carbocycles. The second-order valence-corrected chi connectivity index (χ2v) is 5.07. The Morgan fingerprint density at radius 3 is 2.62 bits per heavy atom. The van der Waals surface area contributed by atoms with E-state index in [1.807, 2.05) is 31.2 Å². The van der Waals surface area contributed by atoms with E-state index in [0.717, 1.165) is 27.8 Å². The molecular weight excluding hydrogens is 265 g/mol. The number of nitrogen functional groups attached to an aromatic ring is 1. The molecule has 3 aromatic rings. The van der Waals surface area contributed by atoms with Crippen LogP contribution in [0.4, 0.5) is 15.8 Å². The molecule has 0 aliphatic carbocycles. The van der Waals surface area contributed by atoms with Gasteiger partial charge in [0.05, 0.1) is 5.52 Å². The Morgan fingerprint density at radius 1 is 1.10 bits per heavy atom. The SMILES string of the molecule is Cc1cc(NCc2ccc(F)cc2)c2cc(N)ccc2n1. The Labute approximate surface area is 122 Å². The number of rotatable bonds is 3. The van der Waals surface area contributed by atoms with Crippen molar-refractivity contribution >= 4 is 22.3 Å². The molecule has 0 bridgehead atoms. The number of aromatic nitrogens is 1. The molecule has 0 aliphatic heterocycles. The topological polar surface area (TPSA) is 50.9 Å². The highest BCUT2D eigenvalue weighted by atomic mass is 19.1. The summed E-state index contributed by atoms with van der Waals surface area (Å²) in [6, 6.07) is 14.1. The lowest BCUT2D eigenvalue weighted by molar-refractivity contribution is 0.627. The number of benzene rings is 2. The third-order valence-corrected chi connectivity index (χ3v) is 3.36. The minimum absolute atomic E-state index is 0.225. The molecule has 106 valence electrons. The molecular formula is C17H16FN3. The summed E-state index contributed by atoms with van der Waals surface area (Å²) in [5.41, 5.74) is 10.4. The zero-order valence-electron chi connectivity index (χ0n) is 11.7. The summed E-state index contributed by atoms with van der Waals surface area (Å²) in [5.74, 6) is -0.225. The van der Waals surface area contributed by atoms with Crippen LogP contribution in [0.1, 0.15) is 11.3 Å². The molecule has 0 saturated carbocycles. The first-order valence-electron chi connectivity index (χ1n) is 6.77. The largest absolute Gasteiger partial charge is 0.399 e. The van der Waals surface area contributed by atoms with Gasteiger partial charge in [-0.3, -0.25) is 4.98 Å². The molecule has 0 spiro atoms. The van der Waals surface area contributed by atoms with Crippen molar-refractivity contribution < 1.29 is 4.39 Å². The normalized spacial score (nSPS) is 10.8. The van der Waals surface area contributed by atoms with Gasteiger partial charge < -0.3 is 11.1 Å². The molecule has 0 radical (unpaired) electrons. The Morgan fingerprint density at radius 2 is 1.86 bits per heavy atom. The second-order valence-electron chi connectivity index (χ2n) is 5.07. The van der Waals surface area contributed by atoms with Gasteiger partial charge in [-0.15, -0.1) is 0 Å². The van der Waals surface area contributed by atoms with Crippen LogP contribution in [0.3, 0.4) is 0 Å². The predicted molar refractivity (Wildman–Crippen MR) is 84.6 cm³/mol. The number of anilines is 2. The summed E-state index contributed by atoms with van der Waals surface area (Å²) in [5, 5.41) is 4.36. The highest BCUT2D eigenvalue weighted by Crippen LogP contribution is 2.25. The average molecular weight is 281 g/mol. The van der Waals surface area contributed by atoms with Crippen molar-refractivity contribution in [1.29, 1.82) is 0 Å². The molecule has 1 aromatic heterocycles. The van der Waals surface area contributed by atoms with Crippen LogP contribution < -0.4 is 11.1 Å². The maximum absolute atomic E-state index is 12.9. The van der Waals surface area contributed by atoms with Crippen molar-refractivity contribution in [3.05, 3.63) is 65.6 Å². The van der Waals surface area contributed by atoms with E-state index in [2.05, 4.69) is 10.3 Å². The Balaban J connectivity index is 1.92. The lowest BCUT2D eigenvalue weighted by Crippen LogP contribution is -2.01. The van der Waals surface area contributed by atoms with Gasteiger partial charge in [-0.1, -0.05) is 12.1 Å². The van der Waals surface area contributed by atoms with Gasteiger partial charge in [0.2, 0.25) is 0 Å². The van der Waals surface area contributed by atoms with Crippen molar-refractivity contribution in [3.63, 3.8) is 0 Å². The van der Waals surface area contributed by atoms with Crippen molar-refractivity contribution in [1.82, 2.24) is 4.98 Å². The molecule has 3 N–H and O–H groups in total. The van der Waals surface area contributed by atoms with Crippen molar-refractivity contribution in [2.75, 3.05) is 11.1 Å². The van der Waals surface area contributed by atoms with E-state index >= 15 is 0 Å². The molecule has 0 fully saturated rings. The van der Waals surface area contributed by atoms with Gasteiger partial charge in [0.15, 0.2) is 0 Å². The number of hydrogen-bond acceptors (Lipinski definition) is 3. The maximum atomic E-state index is 12.9. The molecule has 4 heteroatoms.